The first-order valence-corrected chi connectivity index (χ1v) is 7.20. The van der Waals surface area contributed by atoms with Crippen LogP contribution < -0.4 is 11.3 Å². The molecule has 0 spiro atoms. The summed E-state index contributed by atoms with van der Waals surface area (Å²) < 4.78 is 0. The molecule has 20 heavy (non-hydrogen) atoms. The first kappa shape index (κ1) is 14.8. The lowest BCUT2D eigenvalue weighted by atomic mass is 9.90. The van der Waals surface area contributed by atoms with Crippen molar-refractivity contribution < 1.29 is 4.79 Å². The second-order valence-electron chi connectivity index (χ2n) is 6.37. The van der Waals surface area contributed by atoms with Gasteiger partial charge in [-0.2, -0.15) is 0 Å². The van der Waals surface area contributed by atoms with Crippen molar-refractivity contribution in [3.05, 3.63) is 23.4 Å². The topological polar surface area (TPSA) is 71.2 Å². The Kier molecular flexibility index (Phi) is 4.28. The third-order valence-electron chi connectivity index (χ3n) is 3.63. The number of aromatic nitrogens is 1. The third kappa shape index (κ3) is 3.28. The van der Waals surface area contributed by atoms with Gasteiger partial charge in [0.1, 0.15) is 5.82 Å². The first-order valence-electron chi connectivity index (χ1n) is 7.20. The van der Waals surface area contributed by atoms with Crippen LogP contribution in [0.15, 0.2) is 12.1 Å². The summed E-state index contributed by atoms with van der Waals surface area (Å²) in [6.45, 7) is 7.91. The quantitative estimate of drug-likeness (QED) is 0.642. The molecule has 1 amide bonds. The van der Waals surface area contributed by atoms with E-state index in [9.17, 15) is 4.79 Å². The molecule has 3 N–H and O–H groups in total. The maximum atomic E-state index is 12.6. The number of rotatable bonds is 2. The number of anilines is 1. The largest absolute Gasteiger partial charge is 0.339 e. The molecule has 1 aromatic heterocycles. The molecular formula is C15H24N4O. The van der Waals surface area contributed by atoms with Gasteiger partial charge in [-0.15, -0.1) is 0 Å². The number of carbonyl (C=O) groups is 1. The normalized spacial score (nSPS) is 16.1. The number of piperidine rings is 1. The Morgan fingerprint density at radius 2 is 1.90 bits per heavy atom. The molecule has 110 valence electrons. The van der Waals surface area contributed by atoms with E-state index in [-0.39, 0.29) is 11.3 Å². The highest BCUT2D eigenvalue weighted by molar-refractivity contribution is 5.95. The fraction of sp³-hybridized carbons (Fsp3) is 0.600. The number of pyridine rings is 1. The van der Waals surface area contributed by atoms with Gasteiger partial charge in [-0.1, -0.05) is 20.8 Å². The number of likely N-dealkylation sites (tertiary alicyclic amines) is 1. The molecule has 0 saturated carbocycles. The average Bonchev–Trinajstić information content (AvgIpc) is 2.46. The summed E-state index contributed by atoms with van der Waals surface area (Å²) in [6.07, 6.45) is 3.39. The van der Waals surface area contributed by atoms with E-state index < -0.39 is 0 Å². The van der Waals surface area contributed by atoms with Gasteiger partial charge in [0.05, 0.1) is 0 Å². The second kappa shape index (κ2) is 5.79. The molecular weight excluding hydrogens is 252 g/mol. The summed E-state index contributed by atoms with van der Waals surface area (Å²) in [7, 11) is 0. The van der Waals surface area contributed by atoms with Crippen LogP contribution in [-0.2, 0) is 5.41 Å². The van der Waals surface area contributed by atoms with E-state index in [1.165, 1.54) is 6.42 Å². The van der Waals surface area contributed by atoms with Crippen molar-refractivity contribution in [2.45, 2.75) is 45.4 Å². The zero-order valence-corrected chi connectivity index (χ0v) is 12.6. The number of carbonyl (C=O) groups excluding carboxylic acids is 1. The van der Waals surface area contributed by atoms with Crippen LogP contribution in [0.3, 0.4) is 0 Å². The maximum absolute atomic E-state index is 12.6. The fourth-order valence-electron chi connectivity index (χ4n) is 2.39. The highest BCUT2D eigenvalue weighted by Gasteiger charge is 2.22. The minimum absolute atomic E-state index is 0.0779. The molecule has 5 nitrogen and oxygen atoms in total. The van der Waals surface area contributed by atoms with Gasteiger partial charge in [0.15, 0.2) is 0 Å². The van der Waals surface area contributed by atoms with Crippen LogP contribution in [0.2, 0.25) is 0 Å². The smallest absolute Gasteiger partial charge is 0.254 e. The fourth-order valence-corrected chi connectivity index (χ4v) is 2.39. The van der Waals surface area contributed by atoms with Crippen LogP contribution in [-0.4, -0.2) is 28.9 Å². The van der Waals surface area contributed by atoms with E-state index in [0.717, 1.165) is 31.6 Å². The van der Waals surface area contributed by atoms with Crippen LogP contribution in [0.4, 0.5) is 5.82 Å². The molecule has 2 heterocycles. The van der Waals surface area contributed by atoms with Gasteiger partial charge in [-0.25, -0.2) is 10.8 Å². The number of amides is 1. The van der Waals surface area contributed by atoms with Crippen molar-refractivity contribution in [3.63, 3.8) is 0 Å². The number of hydrogen-bond acceptors (Lipinski definition) is 4. The van der Waals surface area contributed by atoms with Gasteiger partial charge in [0.25, 0.3) is 5.91 Å². The molecule has 2 rings (SSSR count). The van der Waals surface area contributed by atoms with Gasteiger partial charge in [-0.3, -0.25) is 4.79 Å². The molecule has 1 saturated heterocycles. The molecule has 5 heteroatoms. The molecule has 1 fully saturated rings. The Labute approximate surface area is 120 Å². The van der Waals surface area contributed by atoms with Crippen LogP contribution >= 0.6 is 0 Å². The lowest BCUT2D eigenvalue weighted by Gasteiger charge is -2.27. The van der Waals surface area contributed by atoms with Crippen molar-refractivity contribution in [1.29, 1.82) is 0 Å². The predicted molar refractivity (Wildman–Crippen MR) is 80.5 cm³/mol. The third-order valence-corrected chi connectivity index (χ3v) is 3.63. The first-order chi connectivity index (χ1) is 9.41. The van der Waals surface area contributed by atoms with E-state index in [0.29, 0.717) is 11.4 Å². The van der Waals surface area contributed by atoms with E-state index >= 15 is 0 Å². The molecule has 1 aromatic rings. The van der Waals surface area contributed by atoms with E-state index in [1.807, 2.05) is 11.0 Å². The maximum Gasteiger partial charge on any atom is 0.254 e. The van der Waals surface area contributed by atoms with Gasteiger partial charge in [0.2, 0.25) is 0 Å². The van der Waals surface area contributed by atoms with Crippen LogP contribution in [0.5, 0.6) is 0 Å². The highest BCUT2D eigenvalue weighted by atomic mass is 16.2. The Balaban J connectivity index is 2.32. The summed E-state index contributed by atoms with van der Waals surface area (Å²) in [5, 5.41) is 0. The lowest BCUT2D eigenvalue weighted by Crippen LogP contribution is -2.36. The van der Waals surface area contributed by atoms with E-state index in [1.54, 1.807) is 6.07 Å². The van der Waals surface area contributed by atoms with Crippen molar-refractivity contribution in [1.82, 2.24) is 9.88 Å². The summed E-state index contributed by atoms with van der Waals surface area (Å²) >= 11 is 0. The number of hydrazine groups is 1. The molecule has 0 aliphatic carbocycles. The molecule has 0 unspecified atom stereocenters. The summed E-state index contributed by atoms with van der Waals surface area (Å²) in [6, 6.07) is 3.62. The number of nitrogens with one attached hydrogen (secondary N) is 1. The van der Waals surface area contributed by atoms with Crippen LogP contribution in [0, 0.1) is 0 Å². The summed E-state index contributed by atoms with van der Waals surface area (Å²) in [5.41, 5.74) is 3.97. The molecule has 0 radical (unpaired) electrons. The number of hydrogen-bond donors (Lipinski definition) is 2. The van der Waals surface area contributed by atoms with Crippen molar-refractivity contribution in [2.75, 3.05) is 18.5 Å². The Bertz CT molecular complexity index is 487. The minimum atomic E-state index is -0.121. The van der Waals surface area contributed by atoms with E-state index in [2.05, 4.69) is 31.2 Å². The van der Waals surface area contributed by atoms with Gasteiger partial charge >= 0.3 is 0 Å². The number of nitrogens with two attached hydrogens (primary N) is 1. The molecule has 1 aliphatic rings. The summed E-state index contributed by atoms with van der Waals surface area (Å²) in [5.74, 6) is 6.09. The Morgan fingerprint density at radius 1 is 1.25 bits per heavy atom. The van der Waals surface area contributed by atoms with Gasteiger partial charge in [0, 0.05) is 29.8 Å². The predicted octanol–water partition coefficient (Wildman–Crippen LogP) is 2.29. The van der Waals surface area contributed by atoms with Gasteiger partial charge in [-0.05, 0) is 31.4 Å². The lowest BCUT2D eigenvalue weighted by molar-refractivity contribution is 0.0724. The molecule has 1 aliphatic heterocycles. The zero-order chi connectivity index (χ0) is 14.8. The molecule has 0 bridgehead atoms. The molecule has 0 atom stereocenters. The van der Waals surface area contributed by atoms with Crippen LogP contribution in [0.1, 0.15) is 56.1 Å². The van der Waals surface area contributed by atoms with Crippen molar-refractivity contribution in [2.24, 2.45) is 5.84 Å². The van der Waals surface area contributed by atoms with E-state index in [4.69, 9.17) is 5.84 Å². The number of nitrogens with zero attached hydrogens (tertiary/aromatic N) is 2. The average molecular weight is 276 g/mol. The zero-order valence-electron chi connectivity index (χ0n) is 12.6. The number of nitrogen functional groups attached to an aromatic ring is 1. The molecule has 0 aromatic carbocycles. The highest BCUT2D eigenvalue weighted by Crippen LogP contribution is 2.24. The monoisotopic (exact) mass is 276 g/mol. The summed E-state index contributed by atoms with van der Waals surface area (Å²) in [4.78, 5) is 18.9. The Morgan fingerprint density at radius 3 is 2.45 bits per heavy atom. The Hall–Kier alpha value is -1.62. The van der Waals surface area contributed by atoms with Crippen molar-refractivity contribution >= 4 is 11.7 Å². The van der Waals surface area contributed by atoms with Crippen LogP contribution in [0.25, 0.3) is 0 Å². The minimum Gasteiger partial charge on any atom is -0.339 e. The van der Waals surface area contributed by atoms with Gasteiger partial charge < -0.3 is 10.3 Å². The van der Waals surface area contributed by atoms with Crippen molar-refractivity contribution in [3.8, 4) is 0 Å². The SMILES string of the molecule is CC(C)(C)c1cc(C(=O)N2CCCCC2)cc(NN)n1. The second-order valence-corrected chi connectivity index (χ2v) is 6.37. The standard InChI is InChI=1S/C15H24N4O/c1-15(2,3)12-9-11(10-13(17-12)18-16)14(20)19-7-5-4-6-8-19/h9-10H,4-8,16H2,1-3H3,(H,17,18).